The molecule has 0 bridgehead atoms. The summed E-state index contributed by atoms with van der Waals surface area (Å²) in [4.78, 5) is 0. The lowest BCUT2D eigenvalue weighted by molar-refractivity contribution is 0.297. The second kappa shape index (κ2) is 11.3. The second-order valence-electron chi connectivity index (χ2n) is 6.30. The maximum Gasteiger partial charge on any atom is 0.161 e. The van der Waals surface area contributed by atoms with E-state index in [-0.39, 0.29) is 18.2 Å². The predicted octanol–water partition coefficient (Wildman–Crippen LogP) is 5.17. The van der Waals surface area contributed by atoms with Gasteiger partial charge in [-0.05, 0) is 41.0 Å². The zero-order valence-electron chi connectivity index (χ0n) is 15.9. The van der Waals surface area contributed by atoms with Gasteiger partial charge in [0.1, 0.15) is 5.82 Å². The molecule has 5 heteroatoms. The molecule has 0 saturated carbocycles. The van der Waals surface area contributed by atoms with Crippen LogP contribution in [0.2, 0.25) is 0 Å². The molecule has 0 radical (unpaired) electrons. The van der Waals surface area contributed by atoms with Crippen molar-refractivity contribution in [1.82, 2.24) is 5.32 Å². The van der Waals surface area contributed by atoms with Crippen molar-refractivity contribution in [3.63, 3.8) is 0 Å². The molecule has 0 saturated heterocycles. The van der Waals surface area contributed by atoms with E-state index in [4.69, 9.17) is 9.47 Å². The summed E-state index contributed by atoms with van der Waals surface area (Å²) in [5.41, 5.74) is 3.40. The highest BCUT2D eigenvalue weighted by molar-refractivity contribution is 5.85. The lowest BCUT2D eigenvalue weighted by atomic mass is 10.1. The van der Waals surface area contributed by atoms with Crippen LogP contribution in [0.5, 0.6) is 11.5 Å². The SMILES string of the molecule is COc1cc(CNCc2ccc(F)cc2)ccc1OCCc1ccccc1.Cl. The lowest BCUT2D eigenvalue weighted by Crippen LogP contribution is -2.12. The van der Waals surface area contributed by atoms with Crippen molar-refractivity contribution in [2.24, 2.45) is 0 Å². The van der Waals surface area contributed by atoms with Crippen molar-refractivity contribution in [2.75, 3.05) is 13.7 Å². The molecule has 3 rings (SSSR count). The van der Waals surface area contributed by atoms with Crippen LogP contribution in [-0.4, -0.2) is 13.7 Å². The fraction of sp³-hybridized carbons (Fsp3) is 0.217. The van der Waals surface area contributed by atoms with E-state index >= 15 is 0 Å². The Morgan fingerprint density at radius 1 is 0.786 bits per heavy atom. The molecule has 1 N–H and O–H groups in total. The van der Waals surface area contributed by atoms with Crippen molar-refractivity contribution in [1.29, 1.82) is 0 Å². The fourth-order valence-electron chi connectivity index (χ4n) is 2.82. The Labute approximate surface area is 171 Å². The minimum absolute atomic E-state index is 0. The Hall–Kier alpha value is -2.56. The monoisotopic (exact) mass is 401 g/mol. The molecule has 28 heavy (non-hydrogen) atoms. The van der Waals surface area contributed by atoms with Crippen LogP contribution >= 0.6 is 12.4 Å². The summed E-state index contributed by atoms with van der Waals surface area (Å²) in [7, 11) is 1.65. The molecule has 0 aliphatic rings. The van der Waals surface area contributed by atoms with Crippen molar-refractivity contribution in [3.8, 4) is 11.5 Å². The zero-order chi connectivity index (χ0) is 18.9. The molecule has 3 aromatic carbocycles. The van der Waals surface area contributed by atoms with Crippen molar-refractivity contribution in [3.05, 3.63) is 95.3 Å². The van der Waals surface area contributed by atoms with E-state index in [0.29, 0.717) is 19.7 Å². The van der Waals surface area contributed by atoms with Crippen LogP contribution in [0.1, 0.15) is 16.7 Å². The van der Waals surface area contributed by atoms with Gasteiger partial charge in [0, 0.05) is 19.5 Å². The maximum atomic E-state index is 12.9. The summed E-state index contributed by atoms with van der Waals surface area (Å²) < 4.78 is 24.3. The highest BCUT2D eigenvalue weighted by Crippen LogP contribution is 2.28. The van der Waals surface area contributed by atoms with Gasteiger partial charge in [0.2, 0.25) is 0 Å². The largest absolute Gasteiger partial charge is 0.493 e. The normalized spacial score (nSPS) is 10.2. The Balaban J connectivity index is 0.00000280. The highest BCUT2D eigenvalue weighted by Gasteiger charge is 2.06. The average Bonchev–Trinajstić information content (AvgIpc) is 2.71. The lowest BCUT2D eigenvalue weighted by Gasteiger charge is -2.13. The molecule has 0 heterocycles. The summed E-state index contributed by atoms with van der Waals surface area (Å²) >= 11 is 0. The summed E-state index contributed by atoms with van der Waals surface area (Å²) in [6.07, 6.45) is 0.852. The van der Waals surface area contributed by atoms with E-state index in [1.165, 1.54) is 17.7 Å². The van der Waals surface area contributed by atoms with Crippen LogP contribution < -0.4 is 14.8 Å². The molecule has 0 aliphatic heterocycles. The van der Waals surface area contributed by atoms with E-state index < -0.39 is 0 Å². The van der Waals surface area contributed by atoms with Crippen LogP contribution in [0.15, 0.2) is 72.8 Å². The Kier molecular flexibility index (Phi) is 8.79. The molecule has 0 atom stereocenters. The number of rotatable bonds is 9. The summed E-state index contributed by atoms with van der Waals surface area (Å²) in [5, 5.41) is 3.35. The third-order valence-electron chi connectivity index (χ3n) is 4.29. The second-order valence-corrected chi connectivity index (χ2v) is 6.30. The molecular formula is C23H25ClFNO2. The molecule has 0 aliphatic carbocycles. The highest BCUT2D eigenvalue weighted by atomic mass is 35.5. The number of ether oxygens (including phenoxy) is 2. The first kappa shape index (κ1) is 21.7. The first-order valence-corrected chi connectivity index (χ1v) is 9.03. The Bertz CT molecular complexity index is 841. The quantitative estimate of drug-likeness (QED) is 0.536. The summed E-state index contributed by atoms with van der Waals surface area (Å²) in [6.45, 7) is 1.97. The fourth-order valence-corrected chi connectivity index (χ4v) is 2.82. The minimum atomic E-state index is -0.216. The number of methoxy groups -OCH3 is 1. The van der Waals surface area contributed by atoms with Crippen LogP contribution in [0, 0.1) is 5.82 Å². The Morgan fingerprint density at radius 2 is 1.46 bits per heavy atom. The predicted molar refractivity (Wildman–Crippen MR) is 113 cm³/mol. The van der Waals surface area contributed by atoms with Crippen molar-refractivity contribution < 1.29 is 13.9 Å². The Morgan fingerprint density at radius 3 is 2.18 bits per heavy atom. The zero-order valence-corrected chi connectivity index (χ0v) is 16.7. The average molecular weight is 402 g/mol. The molecule has 148 valence electrons. The van der Waals surface area contributed by atoms with Gasteiger partial charge in [0.05, 0.1) is 13.7 Å². The molecular weight excluding hydrogens is 377 g/mol. The van der Waals surface area contributed by atoms with Gasteiger partial charge in [0.25, 0.3) is 0 Å². The molecule has 3 aromatic rings. The van der Waals surface area contributed by atoms with Gasteiger partial charge in [-0.1, -0.05) is 48.5 Å². The third kappa shape index (κ3) is 6.55. The van der Waals surface area contributed by atoms with Gasteiger partial charge >= 0.3 is 0 Å². The summed E-state index contributed by atoms with van der Waals surface area (Å²) in [5.74, 6) is 1.26. The molecule has 0 spiro atoms. The van der Waals surface area contributed by atoms with Crippen LogP contribution in [0.3, 0.4) is 0 Å². The van der Waals surface area contributed by atoms with E-state index in [1.54, 1.807) is 19.2 Å². The molecule has 3 nitrogen and oxygen atoms in total. The van der Waals surface area contributed by atoms with E-state index in [0.717, 1.165) is 29.0 Å². The van der Waals surface area contributed by atoms with Gasteiger partial charge in [-0.15, -0.1) is 12.4 Å². The molecule has 0 fully saturated rings. The topological polar surface area (TPSA) is 30.5 Å². The first-order chi connectivity index (χ1) is 13.2. The van der Waals surface area contributed by atoms with Gasteiger partial charge < -0.3 is 14.8 Å². The van der Waals surface area contributed by atoms with Crippen LogP contribution in [0.25, 0.3) is 0 Å². The standard InChI is InChI=1S/C23H24FNO2.ClH/c1-26-23-15-20(17-25-16-19-7-10-21(24)11-8-19)9-12-22(23)27-14-13-18-5-3-2-4-6-18;/h2-12,15,25H,13-14,16-17H2,1H3;1H. The van der Waals surface area contributed by atoms with Gasteiger partial charge in [-0.3, -0.25) is 0 Å². The van der Waals surface area contributed by atoms with Crippen molar-refractivity contribution in [2.45, 2.75) is 19.5 Å². The van der Waals surface area contributed by atoms with Gasteiger partial charge in [-0.2, -0.15) is 0 Å². The van der Waals surface area contributed by atoms with E-state index in [1.807, 2.05) is 36.4 Å². The van der Waals surface area contributed by atoms with Gasteiger partial charge in [0.15, 0.2) is 11.5 Å². The maximum absolute atomic E-state index is 12.9. The number of nitrogens with one attached hydrogen (secondary N) is 1. The molecule has 0 aromatic heterocycles. The number of benzene rings is 3. The van der Waals surface area contributed by atoms with Crippen LogP contribution in [0.4, 0.5) is 4.39 Å². The smallest absolute Gasteiger partial charge is 0.161 e. The van der Waals surface area contributed by atoms with Crippen LogP contribution in [-0.2, 0) is 19.5 Å². The number of halogens is 2. The number of hydrogen-bond acceptors (Lipinski definition) is 3. The van der Waals surface area contributed by atoms with Crippen molar-refractivity contribution >= 4 is 12.4 Å². The number of hydrogen-bond donors (Lipinski definition) is 1. The van der Waals surface area contributed by atoms with Gasteiger partial charge in [-0.25, -0.2) is 4.39 Å². The third-order valence-corrected chi connectivity index (χ3v) is 4.29. The van der Waals surface area contributed by atoms with E-state index in [2.05, 4.69) is 17.4 Å². The first-order valence-electron chi connectivity index (χ1n) is 9.03. The molecule has 0 unspecified atom stereocenters. The summed E-state index contributed by atoms with van der Waals surface area (Å²) in [6, 6.07) is 22.7. The van der Waals surface area contributed by atoms with E-state index in [9.17, 15) is 4.39 Å². The molecule has 0 amide bonds. The minimum Gasteiger partial charge on any atom is -0.493 e.